The maximum atomic E-state index is 11.6. The number of aliphatic hydroxyl groups excluding tert-OH is 1. The van der Waals surface area contributed by atoms with E-state index in [-0.39, 0.29) is 18.1 Å². The van der Waals surface area contributed by atoms with Gasteiger partial charge in [0.2, 0.25) is 5.91 Å². The molecule has 0 spiro atoms. The minimum absolute atomic E-state index is 0.0434. The van der Waals surface area contributed by atoms with Crippen LogP contribution in [0, 0.1) is 0 Å². The van der Waals surface area contributed by atoms with E-state index in [9.17, 15) is 14.7 Å². The molecule has 1 amide bonds. The lowest BCUT2D eigenvalue weighted by molar-refractivity contribution is -0.148. The summed E-state index contributed by atoms with van der Waals surface area (Å²) in [4.78, 5) is 24.0. The molecule has 0 radical (unpaired) electrons. The normalized spacial score (nSPS) is 18.3. The number of carbonyl (C=O) groups is 2. The number of aliphatic hydroxyl groups is 1. The SMILES string of the molecule is O=C1CCN([C@H](O)Cc2ccccc2)C(=O)C1. The predicted octanol–water partition coefficient (Wildman–Crippen LogP) is 0.739. The van der Waals surface area contributed by atoms with E-state index in [0.717, 1.165) is 5.56 Å². The zero-order valence-electron chi connectivity index (χ0n) is 9.50. The Kier molecular flexibility index (Phi) is 3.54. The molecule has 17 heavy (non-hydrogen) atoms. The van der Waals surface area contributed by atoms with Crippen molar-refractivity contribution >= 4 is 11.7 Å². The molecule has 1 N–H and O–H groups in total. The van der Waals surface area contributed by atoms with Crippen molar-refractivity contribution in [1.82, 2.24) is 4.90 Å². The van der Waals surface area contributed by atoms with E-state index < -0.39 is 6.23 Å². The summed E-state index contributed by atoms with van der Waals surface area (Å²) in [6.07, 6.45) is -0.164. The Bertz CT molecular complexity index is 416. The van der Waals surface area contributed by atoms with Gasteiger partial charge >= 0.3 is 0 Å². The third kappa shape index (κ3) is 2.91. The van der Waals surface area contributed by atoms with Gasteiger partial charge in [-0.25, -0.2) is 0 Å². The van der Waals surface area contributed by atoms with Gasteiger partial charge < -0.3 is 10.0 Å². The third-order valence-electron chi connectivity index (χ3n) is 2.92. The highest BCUT2D eigenvalue weighted by molar-refractivity contribution is 6.00. The monoisotopic (exact) mass is 233 g/mol. The molecule has 1 aliphatic rings. The number of carbonyl (C=O) groups excluding carboxylic acids is 2. The Hall–Kier alpha value is -1.68. The largest absolute Gasteiger partial charge is 0.373 e. The second kappa shape index (κ2) is 5.10. The minimum Gasteiger partial charge on any atom is -0.373 e. The van der Waals surface area contributed by atoms with E-state index in [2.05, 4.69) is 0 Å². The van der Waals surface area contributed by atoms with E-state index in [4.69, 9.17) is 0 Å². The number of hydrogen-bond donors (Lipinski definition) is 1. The molecular weight excluding hydrogens is 218 g/mol. The van der Waals surface area contributed by atoms with Crippen LogP contribution in [0.5, 0.6) is 0 Å². The van der Waals surface area contributed by atoms with Crippen LogP contribution in [0.15, 0.2) is 30.3 Å². The summed E-state index contributed by atoms with van der Waals surface area (Å²) in [6, 6.07) is 9.50. The summed E-state index contributed by atoms with van der Waals surface area (Å²) in [5.41, 5.74) is 0.977. The Labute approximate surface area is 99.9 Å². The minimum atomic E-state index is -0.835. The fraction of sp³-hybridized carbons (Fsp3) is 0.385. The smallest absolute Gasteiger partial charge is 0.232 e. The number of piperidine rings is 1. The van der Waals surface area contributed by atoms with Crippen LogP contribution in [-0.2, 0) is 16.0 Å². The van der Waals surface area contributed by atoms with Gasteiger partial charge in [-0.2, -0.15) is 0 Å². The van der Waals surface area contributed by atoms with E-state index in [1.165, 1.54) is 4.90 Å². The first kappa shape index (κ1) is 11.8. The summed E-state index contributed by atoms with van der Waals surface area (Å²) in [6.45, 7) is 0.325. The molecule has 0 bridgehead atoms. The number of rotatable bonds is 3. The van der Waals surface area contributed by atoms with E-state index in [0.29, 0.717) is 19.4 Å². The van der Waals surface area contributed by atoms with Gasteiger partial charge in [0.05, 0.1) is 6.42 Å². The van der Waals surface area contributed by atoms with Gasteiger partial charge in [0, 0.05) is 19.4 Å². The molecule has 1 aromatic carbocycles. The maximum absolute atomic E-state index is 11.6. The zero-order valence-corrected chi connectivity index (χ0v) is 9.50. The van der Waals surface area contributed by atoms with E-state index >= 15 is 0 Å². The molecule has 1 saturated heterocycles. The Morgan fingerprint density at radius 3 is 2.59 bits per heavy atom. The lowest BCUT2D eigenvalue weighted by Gasteiger charge is -2.30. The molecule has 4 heteroatoms. The van der Waals surface area contributed by atoms with Crippen molar-refractivity contribution in [3.8, 4) is 0 Å². The summed E-state index contributed by atoms with van der Waals surface area (Å²) < 4.78 is 0. The zero-order chi connectivity index (χ0) is 12.3. The van der Waals surface area contributed by atoms with Gasteiger partial charge in [0.15, 0.2) is 0 Å². The number of hydrogen-bond acceptors (Lipinski definition) is 3. The first-order chi connectivity index (χ1) is 8.16. The number of benzene rings is 1. The summed E-state index contributed by atoms with van der Waals surface area (Å²) >= 11 is 0. The van der Waals surface area contributed by atoms with E-state index in [1.54, 1.807) is 0 Å². The quantitative estimate of drug-likeness (QED) is 0.783. The molecule has 1 fully saturated rings. The van der Waals surface area contributed by atoms with Gasteiger partial charge in [0.25, 0.3) is 0 Å². The van der Waals surface area contributed by atoms with Crippen LogP contribution in [0.3, 0.4) is 0 Å². The highest BCUT2D eigenvalue weighted by atomic mass is 16.3. The van der Waals surface area contributed by atoms with Crippen molar-refractivity contribution in [1.29, 1.82) is 0 Å². The predicted molar refractivity (Wildman–Crippen MR) is 62.1 cm³/mol. The van der Waals surface area contributed by atoms with Crippen molar-refractivity contribution in [2.75, 3.05) is 6.54 Å². The molecule has 0 aromatic heterocycles. The number of ketones is 1. The van der Waals surface area contributed by atoms with Crippen molar-refractivity contribution in [3.63, 3.8) is 0 Å². The standard InChI is InChI=1S/C13H15NO3/c15-11-6-7-14(13(17)9-11)12(16)8-10-4-2-1-3-5-10/h1-5,12,16H,6-9H2/t12-/m1/s1. The second-order valence-electron chi connectivity index (χ2n) is 4.22. The van der Waals surface area contributed by atoms with E-state index in [1.807, 2.05) is 30.3 Å². The van der Waals surface area contributed by atoms with Gasteiger partial charge in [0.1, 0.15) is 12.0 Å². The number of nitrogens with zero attached hydrogens (tertiary/aromatic N) is 1. The highest BCUT2D eigenvalue weighted by Gasteiger charge is 2.28. The Morgan fingerprint density at radius 2 is 1.94 bits per heavy atom. The first-order valence-electron chi connectivity index (χ1n) is 5.70. The maximum Gasteiger partial charge on any atom is 0.232 e. The van der Waals surface area contributed by atoms with Crippen LogP contribution in [-0.4, -0.2) is 34.5 Å². The molecule has 1 atom stereocenters. The summed E-state index contributed by atoms with van der Waals surface area (Å²) in [5.74, 6) is -0.317. The second-order valence-corrected chi connectivity index (χ2v) is 4.22. The van der Waals surface area contributed by atoms with Gasteiger partial charge in [-0.3, -0.25) is 9.59 Å². The molecule has 1 aliphatic heterocycles. The molecular formula is C13H15NO3. The van der Waals surface area contributed by atoms with Crippen LogP contribution < -0.4 is 0 Å². The van der Waals surface area contributed by atoms with Gasteiger partial charge in [-0.1, -0.05) is 30.3 Å². The van der Waals surface area contributed by atoms with Gasteiger partial charge in [-0.15, -0.1) is 0 Å². The van der Waals surface area contributed by atoms with Crippen molar-refractivity contribution in [3.05, 3.63) is 35.9 Å². The topological polar surface area (TPSA) is 57.6 Å². The lowest BCUT2D eigenvalue weighted by Crippen LogP contribution is -2.46. The molecule has 0 unspecified atom stereocenters. The Morgan fingerprint density at radius 1 is 1.24 bits per heavy atom. The number of Topliss-reactive ketones (excluding diaryl/α,β-unsaturated/α-hetero) is 1. The summed E-state index contributed by atoms with van der Waals surface area (Å²) in [5, 5.41) is 9.98. The van der Waals surface area contributed by atoms with Crippen LogP contribution in [0.1, 0.15) is 18.4 Å². The number of likely N-dealkylation sites (tertiary alicyclic amines) is 1. The van der Waals surface area contributed by atoms with Crippen molar-refractivity contribution in [2.24, 2.45) is 0 Å². The molecule has 1 aromatic rings. The van der Waals surface area contributed by atoms with Crippen LogP contribution in [0.25, 0.3) is 0 Å². The average Bonchev–Trinajstić information content (AvgIpc) is 2.30. The molecule has 2 rings (SSSR count). The fourth-order valence-corrected chi connectivity index (χ4v) is 1.98. The average molecular weight is 233 g/mol. The van der Waals surface area contributed by atoms with Crippen LogP contribution >= 0.6 is 0 Å². The molecule has 4 nitrogen and oxygen atoms in total. The van der Waals surface area contributed by atoms with Crippen LogP contribution in [0.4, 0.5) is 0 Å². The van der Waals surface area contributed by atoms with Crippen molar-refractivity contribution < 1.29 is 14.7 Å². The molecule has 1 heterocycles. The lowest BCUT2D eigenvalue weighted by atomic mass is 10.1. The summed E-state index contributed by atoms with van der Waals surface area (Å²) in [7, 11) is 0. The first-order valence-corrected chi connectivity index (χ1v) is 5.70. The van der Waals surface area contributed by atoms with Crippen LogP contribution in [0.2, 0.25) is 0 Å². The fourth-order valence-electron chi connectivity index (χ4n) is 1.98. The molecule has 90 valence electrons. The molecule has 0 saturated carbocycles. The highest BCUT2D eigenvalue weighted by Crippen LogP contribution is 2.13. The Balaban J connectivity index is 1.98. The van der Waals surface area contributed by atoms with Gasteiger partial charge in [-0.05, 0) is 5.56 Å². The van der Waals surface area contributed by atoms with Crippen molar-refractivity contribution in [2.45, 2.75) is 25.5 Å². The number of amides is 1. The third-order valence-corrected chi connectivity index (χ3v) is 2.92. The molecule has 0 aliphatic carbocycles.